The molecule has 4 atom stereocenters. The highest BCUT2D eigenvalue weighted by Crippen LogP contribution is 2.49. The van der Waals surface area contributed by atoms with E-state index < -0.39 is 0 Å². The third-order valence-electron chi connectivity index (χ3n) is 6.62. The van der Waals surface area contributed by atoms with E-state index in [4.69, 9.17) is 4.74 Å². The lowest BCUT2D eigenvalue weighted by Gasteiger charge is -2.24. The number of carbonyl (C=O) groups is 2. The van der Waals surface area contributed by atoms with Crippen LogP contribution < -0.4 is 0 Å². The SMILES string of the molecule is CCOC(=O)[C@H]1C[C@H]1CN(Cc1c(C)nn(C)c1C)C(=O)[C@@H]1C[C@H]1c1ccccc1. The van der Waals surface area contributed by atoms with Gasteiger partial charge in [-0.1, -0.05) is 30.3 Å². The molecule has 1 amide bonds. The van der Waals surface area contributed by atoms with E-state index in [1.54, 1.807) is 0 Å². The molecule has 2 aromatic rings. The molecule has 2 saturated carbocycles. The number of rotatable bonds is 8. The molecule has 0 unspecified atom stereocenters. The molecule has 6 nitrogen and oxygen atoms in total. The second-order valence-electron chi connectivity index (χ2n) is 8.71. The molecule has 0 bridgehead atoms. The molecule has 0 N–H and O–H groups in total. The summed E-state index contributed by atoms with van der Waals surface area (Å²) in [6.07, 6.45) is 1.71. The van der Waals surface area contributed by atoms with Gasteiger partial charge in [-0.3, -0.25) is 14.3 Å². The van der Waals surface area contributed by atoms with Crippen LogP contribution in [0.1, 0.15) is 48.2 Å². The van der Waals surface area contributed by atoms with Crippen molar-refractivity contribution in [2.45, 2.75) is 46.1 Å². The van der Waals surface area contributed by atoms with Gasteiger partial charge in [-0.2, -0.15) is 5.10 Å². The van der Waals surface area contributed by atoms with Gasteiger partial charge in [-0.15, -0.1) is 0 Å². The van der Waals surface area contributed by atoms with Gasteiger partial charge in [-0.25, -0.2) is 0 Å². The van der Waals surface area contributed by atoms with Crippen molar-refractivity contribution in [1.82, 2.24) is 14.7 Å². The van der Waals surface area contributed by atoms with Crippen molar-refractivity contribution in [3.63, 3.8) is 0 Å². The van der Waals surface area contributed by atoms with E-state index >= 15 is 0 Å². The highest BCUT2D eigenvalue weighted by molar-refractivity contribution is 5.83. The Kier molecular flexibility index (Phi) is 5.67. The molecule has 160 valence electrons. The van der Waals surface area contributed by atoms with Gasteiger partial charge in [0, 0.05) is 37.3 Å². The van der Waals surface area contributed by atoms with Gasteiger partial charge >= 0.3 is 5.97 Å². The van der Waals surface area contributed by atoms with Crippen LogP contribution in [0, 0.1) is 31.6 Å². The van der Waals surface area contributed by atoms with E-state index in [0.717, 1.165) is 29.8 Å². The van der Waals surface area contributed by atoms with Crippen LogP contribution in [0.2, 0.25) is 0 Å². The van der Waals surface area contributed by atoms with Crippen molar-refractivity contribution in [3.8, 4) is 0 Å². The molecular weight excluding hydrogens is 378 g/mol. The van der Waals surface area contributed by atoms with E-state index in [1.807, 2.05) is 55.6 Å². The number of aryl methyl sites for hydroxylation is 2. The van der Waals surface area contributed by atoms with Gasteiger partial charge in [0.1, 0.15) is 0 Å². The Morgan fingerprint density at radius 1 is 1.17 bits per heavy atom. The highest BCUT2D eigenvalue weighted by Gasteiger charge is 2.49. The molecule has 1 aromatic carbocycles. The summed E-state index contributed by atoms with van der Waals surface area (Å²) >= 11 is 0. The van der Waals surface area contributed by atoms with E-state index in [9.17, 15) is 9.59 Å². The van der Waals surface area contributed by atoms with Crippen LogP contribution in [0.25, 0.3) is 0 Å². The number of nitrogens with zero attached hydrogens (tertiary/aromatic N) is 3. The second kappa shape index (κ2) is 8.25. The minimum absolute atomic E-state index is 0.0319. The molecule has 1 heterocycles. The van der Waals surface area contributed by atoms with Crippen LogP contribution in [0.15, 0.2) is 30.3 Å². The molecule has 6 heteroatoms. The van der Waals surface area contributed by atoms with Gasteiger partial charge in [-0.05, 0) is 51.0 Å². The first-order chi connectivity index (χ1) is 14.4. The van der Waals surface area contributed by atoms with Crippen molar-refractivity contribution in [3.05, 3.63) is 52.8 Å². The lowest BCUT2D eigenvalue weighted by molar-refractivity contribution is -0.145. The monoisotopic (exact) mass is 409 g/mol. The van der Waals surface area contributed by atoms with E-state index in [0.29, 0.717) is 25.6 Å². The third kappa shape index (κ3) is 4.13. The predicted octanol–water partition coefficient (Wildman–Crippen LogP) is 3.37. The van der Waals surface area contributed by atoms with Crippen LogP contribution in [-0.4, -0.2) is 39.7 Å². The third-order valence-corrected chi connectivity index (χ3v) is 6.62. The Morgan fingerprint density at radius 2 is 1.90 bits per heavy atom. The quantitative estimate of drug-likeness (QED) is 0.627. The lowest BCUT2D eigenvalue weighted by atomic mass is 10.1. The number of esters is 1. The lowest BCUT2D eigenvalue weighted by Crippen LogP contribution is -2.35. The first kappa shape index (κ1) is 20.6. The normalized spacial score (nSPS) is 24.4. The summed E-state index contributed by atoms with van der Waals surface area (Å²) in [6, 6.07) is 10.3. The van der Waals surface area contributed by atoms with Crippen molar-refractivity contribution >= 4 is 11.9 Å². The maximum atomic E-state index is 13.5. The Labute approximate surface area is 178 Å². The molecule has 4 rings (SSSR count). The number of carbonyl (C=O) groups excluding carboxylic acids is 2. The first-order valence-corrected chi connectivity index (χ1v) is 10.9. The van der Waals surface area contributed by atoms with Crippen LogP contribution in [-0.2, 0) is 27.9 Å². The highest BCUT2D eigenvalue weighted by atomic mass is 16.5. The number of amides is 1. The van der Waals surface area contributed by atoms with E-state index in [1.165, 1.54) is 5.56 Å². The van der Waals surface area contributed by atoms with Gasteiger partial charge in [0.15, 0.2) is 0 Å². The first-order valence-electron chi connectivity index (χ1n) is 10.9. The Morgan fingerprint density at radius 3 is 2.53 bits per heavy atom. The minimum Gasteiger partial charge on any atom is -0.466 e. The number of ether oxygens (including phenoxy) is 1. The van der Waals surface area contributed by atoms with Crippen molar-refractivity contribution in [1.29, 1.82) is 0 Å². The van der Waals surface area contributed by atoms with Crippen LogP contribution in [0.4, 0.5) is 0 Å². The standard InChI is InChI=1S/C24H31N3O3/c1-5-30-24(29)20-11-18(20)13-27(14-22-15(2)25-26(4)16(22)3)23(28)21-12-19(21)17-9-7-6-8-10-17/h6-10,18-21H,5,11-14H2,1-4H3/t18-,19-,20-,21+/m0/s1. The summed E-state index contributed by atoms with van der Waals surface area (Å²) < 4.78 is 7.05. The molecular formula is C24H31N3O3. The number of hydrogen-bond donors (Lipinski definition) is 0. The molecule has 2 fully saturated rings. The maximum absolute atomic E-state index is 13.5. The summed E-state index contributed by atoms with van der Waals surface area (Å²) in [5, 5.41) is 4.51. The smallest absolute Gasteiger partial charge is 0.309 e. The number of hydrogen-bond acceptors (Lipinski definition) is 4. The zero-order chi connectivity index (χ0) is 21.4. The zero-order valence-electron chi connectivity index (χ0n) is 18.3. The largest absolute Gasteiger partial charge is 0.466 e. The molecule has 0 radical (unpaired) electrons. The molecule has 2 aliphatic rings. The number of benzene rings is 1. The van der Waals surface area contributed by atoms with Gasteiger partial charge in [0.2, 0.25) is 5.91 Å². The van der Waals surface area contributed by atoms with Crippen LogP contribution in [0.5, 0.6) is 0 Å². The summed E-state index contributed by atoms with van der Waals surface area (Å²) in [7, 11) is 1.93. The number of aromatic nitrogens is 2. The summed E-state index contributed by atoms with van der Waals surface area (Å²) in [4.78, 5) is 27.5. The summed E-state index contributed by atoms with van der Waals surface area (Å²) in [5.74, 6) is 0.528. The molecule has 0 saturated heterocycles. The minimum atomic E-state index is -0.128. The summed E-state index contributed by atoms with van der Waals surface area (Å²) in [5.41, 5.74) is 4.39. The molecule has 1 aromatic heterocycles. The Balaban J connectivity index is 1.49. The van der Waals surface area contributed by atoms with Crippen LogP contribution >= 0.6 is 0 Å². The topological polar surface area (TPSA) is 64.4 Å². The fraction of sp³-hybridized carbons (Fsp3) is 0.542. The van der Waals surface area contributed by atoms with Crippen molar-refractivity contribution in [2.24, 2.45) is 24.8 Å². The van der Waals surface area contributed by atoms with E-state index in [2.05, 4.69) is 17.2 Å². The van der Waals surface area contributed by atoms with Gasteiger partial charge in [0.05, 0.1) is 18.2 Å². The second-order valence-corrected chi connectivity index (χ2v) is 8.71. The van der Waals surface area contributed by atoms with Gasteiger partial charge in [0.25, 0.3) is 0 Å². The van der Waals surface area contributed by atoms with Crippen LogP contribution in [0.3, 0.4) is 0 Å². The zero-order valence-corrected chi connectivity index (χ0v) is 18.3. The Hall–Kier alpha value is -2.63. The van der Waals surface area contributed by atoms with Crippen molar-refractivity contribution in [2.75, 3.05) is 13.2 Å². The van der Waals surface area contributed by atoms with Gasteiger partial charge < -0.3 is 9.64 Å². The molecule has 2 aliphatic carbocycles. The van der Waals surface area contributed by atoms with E-state index in [-0.39, 0.29) is 29.6 Å². The summed E-state index contributed by atoms with van der Waals surface area (Å²) in [6.45, 7) is 7.42. The predicted molar refractivity (Wildman–Crippen MR) is 114 cm³/mol. The fourth-order valence-electron chi connectivity index (χ4n) is 4.51. The Bertz CT molecular complexity index is 937. The maximum Gasteiger partial charge on any atom is 0.309 e. The van der Waals surface area contributed by atoms with Crippen molar-refractivity contribution < 1.29 is 14.3 Å². The average molecular weight is 410 g/mol. The molecule has 30 heavy (non-hydrogen) atoms. The molecule has 0 aliphatic heterocycles. The fourth-order valence-corrected chi connectivity index (χ4v) is 4.51. The molecule has 0 spiro atoms. The average Bonchev–Trinajstić information content (AvgIpc) is 3.64.